The molecule has 0 aliphatic heterocycles. The van der Waals surface area contributed by atoms with E-state index in [-0.39, 0.29) is 18.5 Å². The number of allylic oxidation sites excluding steroid dienone is 9. The van der Waals surface area contributed by atoms with Gasteiger partial charge in [-0.3, -0.25) is 9.59 Å². The lowest BCUT2D eigenvalue weighted by Crippen LogP contribution is -2.45. The predicted molar refractivity (Wildman–Crippen MR) is 296 cm³/mol. The SMILES string of the molecule is CCCCCC/C=C\C/C=C\CCCCCCCCCC(=O)OCCCCC/C=C\C/C=C\CCCCCCCCCC(=O)NC(CO)C(O)/C=C/CCCCCCCCCCCCCCCC. The van der Waals surface area contributed by atoms with E-state index < -0.39 is 12.1 Å². The van der Waals surface area contributed by atoms with Crippen LogP contribution in [0.4, 0.5) is 0 Å². The number of unbranched alkanes of at least 4 members (excludes halogenated alkanes) is 35. The second-order valence-electron chi connectivity index (χ2n) is 20.0. The van der Waals surface area contributed by atoms with Crippen LogP contribution in [0.2, 0.25) is 0 Å². The predicted octanol–water partition coefficient (Wildman–Crippen LogP) is 18.4. The van der Waals surface area contributed by atoms with Crippen molar-refractivity contribution in [2.24, 2.45) is 0 Å². The van der Waals surface area contributed by atoms with E-state index in [0.29, 0.717) is 19.4 Å². The minimum atomic E-state index is -0.857. The molecule has 0 aliphatic rings. The monoisotopic (exact) mass is 952 g/mol. The molecule has 6 nitrogen and oxygen atoms in total. The molecule has 0 aromatic rings. The number of carbonyl (C=O) groups excluding carboxylic acids is 2. The van der Waals surface area contributed by atoms with Crippen LogP contribution >= 0.6 is 0 Å². The average Bonchev–Trinajstić information content (AvgIpc) is 3.34. The lowest BCUT2D eigenvalue weighted by molar-refractivity contribution is -0.143. The number of carbonyl (C=O) groups is 2. The topological polar surface area (TPSA) is 95.9 Å². The molecule has 0 fully saturated rings. The van der Waals surface area contributed by atoms with Gasteiger partial charge in [-0.05, 0) is 103 Å². The highest BCUT2D eigenvalue weighted by Crippen LogP contribution is 2.15. The molecule has 0 radical (unpaired) electrons. The van der Waals surface area contributed by atoms with Crippen LogP contribution in [-0.4, -0.2) is 47.4 Å². The van der Waals surface area contributed by atoms with Gasteiger partial charge in [-0.1, -0.05) is 242 Å². The first-order chi connectivity index (χ1) is 33.5. The lowest BCUT2D eigenvalue weighted by Gasteiger charge is -2.20. The number of nitrogens with one attached hydrogen (secondary N) is 1. The standard InChI is InChI=1S/C62H113NO5/c1-3-5-7-9-11-13-15-17-19-21-24-28-32-36-40-44-48-52-56-62(67)68-57-53-49-45-41-37-33-29-25-22-23-27-31-35-39-43-47-51-55-61(66)63-59(58-64)60(65)54-50-46-42-38-34-30-26-20-18-16-14-12-10-8-6-4-2/h13,15,19,21-22,25,33,37,50,54,59-60,64-65H,3-12,14,16-18,20,23-24,26-32,34-36,38-49,51-53,55-58H2,1-2H3,(H,63,66)/b15-13-,21-19-,25-22-,37-33-,54-50+. The third-order valence-electron chi connectivity index (χ3n) is 13.3. The van der Waals surface area contributed by atoms with Gasteiger partial charge in [-0.25, -0.2) is 0 Å². The molecule has 2 unspecified atom stereocenters. The molecule has 68 heavy (non-hydrogen) atoms. The van der Waals surface area contributed by atoms with Crippen molar-refractivity contribution in [2.45, 2.75) is 309 Å². The third kappa shape index (κ3) is 52.9. The van der Waals surface area contributed by atoms with E-state index >= 15 is 0 Å². The summed E-state index contributed by atoms with van der Waals surface area (Å²) in [5, 5.41) is 23.1. The lowest BCUT2D eigenvalue weighted by atomic mass is 10.0. The molecule has 396 valence electrons. The van der Waals surface area contributed by atoms with Gasteiger partial charge in [0.15, 0.2) is 0 Å². The number of ether oxygens (including phenoxy) is 1. The van der Waals surface area contributed by atoms with E-state index in [2.05, 4.69) is 67.8 Å². The smallest absolute Gasteiger partial charge is 0.305 e. The van der Waals surface area contributed by atoms with E-state index in [1.807, 2.05) is 6.08 Å². The van der Waals surface area contributed by atoms with Crippen LogP contribution in [0.15, 0.2) is 60.8 Å². The molecule has 0 aromatic carbocycles. The van der Waals surface area contributed by atoms with E-state index in [1.165, 1.54) is 180 Å². The van der Waals surface area contributed by atoms with Gasteiger partial charge in [0.05, 0.1) is 25.4 Å². The Hall–Kier alpha value is -2.44. The summed E-state index contributed by atoms with van der Waals surface area (Å²) in [4.78, 5) is 24.5. The molecule has 0 aromatic heterocycles. The number of amides is 1. The third-order valence-corrected chi connectivity index (χ3v) is 13.3. The zero-order chi connectivity index (χ0) is 49.3. The molecule has 6 heteroatoms. The molecule has 1 amide bonds. The first kappa shape index (κ1) is 65.6. The number of hydrogen-bond donors (Lipinski definition) is 3. The first-order valence-corrected chi connectivity index (χ1v) is 29.6. The average molecular weight is 953 g/mol. The molecule has 0 rings (SSSR count). The van der Waals surface area contributed by atoms with E-state index in [1.54, 1.807) is 6.08 Å². The molecule has 0 saturated carbocycles. The maximum atomic E-state index is 12.5. The second kappa shape index (κ2) is 57.1. The summed E-state index contributed by atoms with van der Waals surface area (Å²) in [6.07, 6.45) is 73.8. The highest BCUT2D eigenvalue weighted by atomic mass is 16.5. The Labute approximate surface area is 422 Å². The minimum absolute atomic E-state index is 0.0244. The fraction of sp³-hybridized carbons (Fsp3) is 0.806. The van der Waals surface area contributed by atoms with Crippen LogP contribution in [0.1, 0.15) is 296 Å². The van der Waals surface area contributed by atoms with Crippen molar-refractivity contribution in [3.05, 3.63) is 60.8 Å². The molecule has 2 atom stereocenters. The van der Waals surface area contributed by atoms with Gasteiger partial charge in [0, 0.05) is 12.8 Å². The van der Waals surface area contributed by atoms with Crippen LogP contribution in [0, 0.1) is 0 Å². The van der Waals surface area contributed by atoms with E-state index in [9.17, 15) is 19.8 Å². The summed E-state index contributed by atoms with van der Waals surface area (Å²) in [6.45, 7) is 4.84. The summed E-state index contributed by atoms with van der Waals surface area (Å²) in [7, 11) is 0. The second-order valence-corrected chi connectivity index (χ2v) is 20.0. The molecule has 0 saturated heterocycles. The molecular formula is C62H113NO5. The quantitative estimate of drug-likeness (QED) is 0.0321. The fourth-order valence-corrected chi connectivity index (χ4v) is 8.69. The van der Waals surface area contributed by atoms with Gasteiger partial charge in [-0.15, -0.1) is 0 Å². The van der Waals surface area contributed by atoms with Crippen molar-refractivity contribution in [3.63, 3.8) is 0 Å². The Balaban J connectivity index is 3.53. The molecule has 3 N–H and O–H groups in total. The van der Waals surface area contributed by atoms with Crippen molar-refractivity contribution in [1.82, 2.24) is 5.32 Å². The Kier molecular flexibility index (Phi) is 55.1. The van der Waals surface area contributed by atoms with E-state index in [0.717, 1.165) is 89.9 Å². The highest BCUT2D eigenvalue weighted by molar-refractivity contribution is 5.76. The van der Waals surface area contributed by atoms with Gasteiger partial charge >= 0.3 is 5.97 Å². The van der Waals surface area contributed by atoms with Gasteiger partial charge in [0.1, 0.15) is 0 Å². The molecular weight excluding hydrogens is 839 g/mol. The summed E-state index contributed by atoms with van der Waals surface area (Å²) in [5.74, 6) is -0.109. The summed E-state index contributed by atoms with van der Waals surface area (Å²) in [5.41, 5.74) is 0. The number of aliphatic hydroxyl groups is 2. The Morgan fingerprint density at radius 1 is 0.412 bits per heavy atom. The number of aliphatic hydroxyl groups excluding tert-OH is 2. The van der Waals surface area contributed by atoms with Crippen LogP contribution < -0.4 is 5.32 Å². The summed E-state index contributed by atoms with van der Waals surface area (Å²) >= 11 is 0. The van der Waals surface area contributed by atoms with Gasteiger partial charge in [0.25, 0.3) is 0 Å². The van der Waals surface area contributed by atoms with Crippen molar-refractivity contribution in [1.29, 1.82) is 0 Å². The Morgan fingerprint density at radius 3 is 1.13 bits per heavy atom. The zero-order valence-electron chi connectivity index (χ0n) is 45.1. The highest BCUT2D eigenvalue weighted by Gasteiger charge is 2.18. The molecule has 0 aliphatic carbocycles. The van der Waals surface area contributed by atoms with Gasteiger partial charge in [-0.2, -0.15) is 0 Å². The first-order valence-electron chi connectivity index (χ1n) is 29.6. The van der Waals surface area contributed by atoms with Crippen molar-refractivity contribution < 1.29 is 24.5 Å². The zero-order valence-corrected chi connectivity index (χ0v) is 45.1. The largest absolute Gasteiger partial charge is 0.466 e. The van der Waals surface area contributed by atoms with Crippen LogP contribution in [-0.2, 0) is 14.3 Å². The maximum Gasteiger partial charge on any atom is 0.305 e. The number of hydrogen-bond acceptors (Lipinski definition) is 5. The molecule has 0 spiro atoms. The van der Waals surface area contributed by atoms with Crippen molar-refractivity contribution >= 4 is 11.9 Å². The summed E-state index contributed by atoms with van der Waals surface area (Å²) < 4.78 is 5.46. The van der Waals surface area contributed by atoms with Gasteiger partial charge < -0.3 is 20.3 Å². The van der Waals surface area contributed by atoms with Crippen LogP contribution in [0.3, 0.4) is 0 Å². The van der Waals surface area contributed by atoms with Gasteiger partial charge in [0.2, 0.25) is 5.91 Å². The molecule has 0 heterocycles. The minimum Gasteiger partial charge on any atom is -0.466 e. The van der Waals surface area contributed by atoms with Crippen LogP contribution in [0.5, 0.6) is 0 Å². The maximum absolute atomic E-state index is 12.5. The van der Waals surface area contributed by atoms with E-state index in [4.69, 9.17) is 4.74 Å². The van der Waals surface area contributed by atoms with Crippen molar-refractivity contribution in [3.8, 4) is 0 Å². The number of esters is 1. The van der Waals surface area contributed by atoms with Crippen molar-refractivity contribution in [2.75, 3.05) is 13.2 Å². The summed E-state index contributed by atoms with van der Waals surface area (Å²) in [6, 6.07) is -0.642. The Morgan fingerprint density at radius 2 is 0.735 bits per heavy atom. The number of rotatable bonds is 54. The normalized spacial score (nSPS) is 13.1. The fourth-order valence-electron chi connectivity index (χ4n) is 8.69. The Bertz CT molecular complexity index is 1190. The van der Waals surface area contributed by atoms with Crippen LogP contribution in [0.25, 0.3) is 0 Å². The molecule has 0 bridgehead atoms.